The van der Waals surface area contributed by atoms with Crippen LogP contribution in [0.25, 0.3) is 93.8 Å². The quantitative estimate of drug-likeness (QED) is 0.162. The van der Waals surface area contributed by atoms with Crippen LogP contribution in [0.1, 0.15) is 0 Å². The van der Waals surface area contributed by atoms with Crippen LogP contribution in [0.5, 0.6) is 0 Å². The highest BCUT2D eigenvalue weighted by Gasteiger charge is 2.19. The Morgan fingerprint density at radius 3 is 1.79 bits per heavy atom. The summed E-state index contributed by atoms with van der Waals surface area (Å²) in [6.07, 6.45) is 0. The highest BCUT2D eigenvalue weighted by Crippen LogP contribution is 2.42. The maximum atomic E-state index is 6.43. The second kappa shape index (κ2) is 14.3. The number of aromatic nitrogens is 2. The molecule has 0 aliphatic heterocycles. The number of nitrogens with zero attached hydrogens (tertiary/aromatic N) is 3. The van der Waals surface area contributed by atoms with Gasteiger partial charge in [0.15, 0.2) is 5.58 Å². The Balaban J connectivity index is 0.976. The number of hydrogen-bond donors (Lipinski definition) is 0. The fraction of sp³-hybridized carbons (Fsp3) is 0. The average Bonchev–Trinajstić information content (AvgIpc) is 3.93. The molecular weight excluding hydrogens is 743 g/mol. The Labute approximate surface area is 352 Å². The molecule has 0 amide bonds. The topological polar surface area (TPSA) is 34.2 Å². The third-order valence-corrected chi connectivity index (χ3v) is 12.0. The molecule has 4 nitrogen and oxygen atoms in total. The molecule has 0 saturated heterocycles. The standard InChI is InChI=1S/C57H37N3O/c1-3-13-42(14-4-1)57-58-53-34-28-41-22-23-43(36-51(41)56(53)61-57)38-24-29-45(30-25-38)59(46-31-26-40(27-32-46)49-20-11-15-39-12-7-8-18-48(39)49)47-33-35-55-52(37-47)50-19-9-10-21-54(50)60(55)44-16-5-2-6-17-44/h1-37H. The van der Waals surface area contributed by atoms with Gasteiger partial charge in [-0.05, 0) is 123 Å². The van der Waals surface area contributed by atoms with Crippen LogP contribution in [-0.4, -0.2) is 9.55 Å². The van der Waals surface area contributed by atoms with Crippen molar-refractivity contribution < 1.29 is 4.42 Å². The Bertz CT molecular complexity index is 3560. The lowest BCUT2D eigenvalue weighted by atomic mass is 9.98. The van der Waals surface area contributed by atoms with E-state index >= 15 is 0 Å². The molecule has 0 bridgehead atoms. The van der Waals surface area contributed by atoms with Crippen molar-refractivity contribution in [3.8, 4) is 39.4 Å². The molecule has 0 saturated carbocycles. The second-order valence-corrected chi connectivity index (χ2v) is 15.6. The number of rotatable bonds is 7. The Hall–Kier alpha value is -8.21. The lowest BCUT2D eigenvalue weighted by Crippen LogP contribution is -2.10. The van der Waals surface area contributed by atoms with Gasteiger partial charge in [-0.15, -0.1) is 0 Å². The molecule has 4 heteroatoms. The van der Waals surface area contributed by atoms with Crippen molar-refractivity contribution in [3.63, 3.8) is 0 Å². The predicted octanol–water partition coefficient (Wildman–Crippen LogP) is 15.7. The van der Waals surface area contributed by atoms with E-state index in [1.165, 1.54) is 43.7 Å². The Morgan fingerprint density at radius 1 is 0.377 bits per heavy atom. The van der Waals surface area contributed by atoms with Crippen LogP contribution < -0.4 is 4.90 Å². The molecule has 0 unspecified atom stereocenters. The Morgan fingerprint density at radius 2 is 0.984 bits per heavy atom. The van der Waals surface area contributed by atoms with Crippen molar-refractivity contribution in [2.75, 3.05) is 4.90 Å². The number of anilines is 3. The summed E-state index contributed by atoms with van der Waals surface area (Å²) in [5.41, 5.74) is 14.0. The summed E-state index contributed by atoms with van der Waals surface area (Å²) in [6, 6.07) is 80.1. The van der Waals surface area contributed by atoms with Crippen LogP contribution in [0, 0.1) is 0 Å². The van der Waals surface area contributed by atoms with Crippen LogP contribution in [0.3, 0.4) is 0 Å². The normalized spacial score (nSPS) is 11.6. The zero-order chi connectivity index (χ0) is 40.3. The maximum Gasteiger partial charge on any atom is 0.227 e. The summed E-state index contributed by atoms with van der Waals surface area (Å²) in [4.78, 5) is 7.21. The minimum absolute atomic E-state index is 0.630. The first-order chi connectivity index (χ1) is 30.2. The SMILES string of the molecule is c1ccc(-c2nc3ccc4ccc(-c5ccc(N(c6ccc(-c7cccc8ccccc78)cc6)c6ccc7c(c6)c6ccccc6n7-c6ccccc6)cc5)cc4c3o2)cc1. The first kappa shape index (κ1) is 34.8. The summed E-state index contributed by atoms with van der Waals surface area (Å²) in [5, 5.41) is 7.08. The van der Waals surface area contributed by atoms with Gasteiger partial charge >= 0.3 is 0 Å². The lowest BCUT2D eigenvalue weighted by Gasteiger charge is -2.26. The summed E-state index contributed by atoms with van der Waals surface area (Å²) in [7, 11) is 0. The van der Waals surface area contributed by atoms with Gasteiger partial charge in [0.25, 0.3) is 0 Å². The predicted molar refractivity (Wildman–Crippen MR) is 254 cm³/mol. The largest absolute Gasteiger partial charge is 0.435 e. The molecule has 12 rings (SSSR count). The fourth-order valence-corrected chi connectivity index (χ4v) is 9.06. The van der Waals surface area contributed by atoms with Crippen molar-refractivity contribution in [1.82, 2.24) is 9.55 Å². The van der Waals surface area contributed by atoms with Gasteiger partial charge < -0.3 is 13.9 Å². The molecule has 10 aromatic carbocycles. The van der Waals surface area contributed by atoms with Crippen LogP contribution in [0.15, 0.2) is 229 Å². The first-order valence-electron chi connectivity index (χ1n) is 20.7. The monoisotopic (exact) mass is 779 g/mol. The molecule has 286 valence electrons. The molecule has 0 radical (unpaired) electrons. The van der Waals surface area contributed by atoms with Crippen molar-refractivity contribution in [1.29, 1.82) is 0 Å². The van der Waals surface area contributed by atoms with E-state index in [-0.39, 0.29) is 0 Å². The van der Waals surface area contributed by atoms with Crippen LogP contribution in [-0.2, 0) is 0 Å². The van der Waals surface area contributed by atoms with Gasteiger partial charge in [-0.1, -0.05) is 140 Å². The average molecular weight is 780 g/mol. The zero-order valence-corrected chi connectivity index (χ0v) is 33.1. The molecule has 2 aromatic heterocycles. The highest BCUT2D eigenvalue weighted by molar-refractivity contribution is 6.11. The first-order valence-corrected chi connectivity index (χ1v) is 20.7. The minimum atomic E-state index is 0.630. The van der Waals surface area contributed by atoms with Gasteiger partial charge in [0.2, 0.25) is 5.89 Å². The van der Waals surface area contributed by atoms with E-state index in [9.17, 15) is 0 Å². The molecule has 0 aliphatic rings. The van der Waals surface area contributed by atoms with Crippen molar-refractivity contribution >= 4 is 71.5 Å². The van der Waals surface area contributed by atoms with E-state index in [4.69, 9.17) is 9.40 Å². The van der Waals surface area contributed by atoms with E-state index in [1.54, 1.807) is 0 Å². The molecule has 2 heterocycles. The fourth-order valence-electron chi connectivity index (χ4n) is 9.06. The molecule has 12 aromatic rings. The molecule has 0 spiro atoms. The molecule has 0 aliphatic carbocycles. The number of hydrogen-bond acceptors (Lipinski definition) is 3. The van der Waals surface area contributed by atoms with E-state index in [0.717, 1.165) is 61.3 Å². The van der Waals surface area contributed by atoms with Crippen LogP contribution in [0.2, 0.25) is 0 Å². The van der Waals surface area contributed by atoms with Crippen molar-refractivity contribution in [3.05, 3.63) is 224 Å². The summed E-state index contributed by atoms with van der Waals surface area (Å²) < 4.78 is 8.80. The van der Waals surface area contributed by atoms with Gasteiger partial charge in [-0.2, -0.15) is 0 Å². The van der Waals surface area contributed by atoms with Crippen molar-refractivity contribution in [2.24, 2.45) is 0 Å². The summed E-state index contributed by atoms with van der Waals surface area (Å²) in [5.74, 6) is 0.630. The third-order valence-electron chi connectivity index (χ3n) is 12.0. The highest BCUT2D eigenvalue weighted by atomic mass is 16.3. The minimum Gasteiger partial charge on any atom is -0.435 e. The van der Waals surface area contributed by atoms with E-state index in [1.807, 2.05) is 36.4 Å². The zero-order valence-electron chi connectivity index (χ0n) is 33.1. The van der Waals surface area contributed by atoms with Gasteiger partial charge in [0.05, 0.1) is 11.0 Å². The second-order valence-electron chi connectivity index (χ2n) is 15.6. The van der Waals surface area contributed by atoms with E-state index in [0.29, 0.717) is 5.89 Å². The number of benzene rings is 10. The van der Waals surface area contributed by atoms with Crippen molar-refractivity contribution in [2.45, 2.75) is 0 Å². The molecular formula is C57H37N3O. The third kappa shape index (κ3) is 5.96. The molecule has 0 atom stereocenters. The van der Waals surface area contributed by atoms with E-state index in [2.05, 4.69) is 198 Å². The Kier molecular flexibility index (Phi) is 8.13. The van der Waals surface area contributed by atoms with Crippen LogP contribution >= 0.6 is 0 Å². The summed E-state index contributed by atoms with van der Waals surface area (Å²) >= 11 is 0. The molecule has 61 heavy (non-hydrogen) atoms. The van der Waals surface area contributed by atoms with Gasteiger partial charge in [0, 0.05) is 44.5 Å². The summed E-state index contributed by atoms with van der Waals surface area (Å²) in [6.45, 7) is 0. The maximum absolute atomic E-state index is 6.43. The smallest absolute Gasteiger partial charge is 0.227 e. The molecule has 0 N–H and O–H groups in total. The molecule has 0 fully saturated rings. The van der Waals surface area contributed by atoms with Gasteiger partial charge in [0.1, 0.15) is 5.52 Å². The number of fused-ring (bicyclic) bond motifs is 7. The number of para-hydroxylation sites is 2. The van der Waals surface area contributed by atoms with Crippen LogP contribution in [0.4, 0.5) is 17.1 Å². The van der Waals surface area contributed by atoms with Gasteiger partial charge in [-0.3, -0.25) is 0 Å². The number of oxazole rings is 1. The van der Waals surface area contributed by atoms with Gasteiger partial charge in [-0.25, -0.2) is 4.98 Å². The lowest BCUT2D eigenvalue weighted by molar-refractivity contribution is 0.623. The van der Waals surface area contributed by atoms with E-state index < -0.39 is 0 Å².